The SMILES string of the molecule is O=C(O)CCCC=CCC1C2C=CC(C2)C1NS(=O)(=O)C=Cc1cccc(Cl)c1. The predicted molar refractivity (Wildman–Crippen MR) is 116 cm³/mol. The maximum atomic E-state index is 12.6. The number of carboxylic acids is 1. The highest BCUT2D eigenvalue weighted by atomic mass is 35.5. The first-order valence-electron chi connectivity index (χ1n) is 9.85. The number of hydrogen-bond donors (Lipinski definition) is 2. The second kappa shape index (κ2) is 9.74. The fraction of sp³-hybridized carbons (Fsp3) is 0.409. The number of fused-ring (bicyclic) bond motifs is 2. The summed E-state index contributed by atoms with van der Waals surface area (Å²) in [5.74, 6) is 0.0417. The number of nitrogens with one attached hydrogen (secondary N) is 1. The molecule has 29 heavy (non-hydrogen) atoms. The lowest BCUT2D eigenvalue weighted by Gasteiger charge is -2.27. The Labute approximate surface area is 177 Å². The van der Waals surface area contributed by atoms with Gasteiger partial charge in [0, 0.05) is 22.9 Å². The molecule has 0 aromatic heterocycles. The molecule has 2 bridgehead atoms. The van der Waals surface area contributed by atoms with Crippen LogP contribution in [0.3, 0.4) is 0 Å². The van der Waals surface area contributed by atoms with Gasteiger partial charge in [-0.05, 0) is 67.2 Å². The molecule has 2 aliphatic rings. The van der Waals surface area contributed by atoms with Crippen molar-refractivity contribution in [1.82, 2.24) is 4.72 Å². The molecule has 0 aliphatic heterocycles. The Hall–Kier alpha value is -1.89. The highest BCUT2D eigenvalue weighted by Crippen LogP contribution is 2.45. The lowest BCUT2D eigenvalue weighted by molar-refractivity contribution is -0.137. The largest absolute Gasteiger partial charge is 0.481 e. The van der Waals surface area contributed by atoms with Crippen molar-refractivity contribution in [3.8, 4) is 0 Å². The Morgan fingerprint density at radius 2 is 2.03 bits per heavy atom. The molecule has 1 aromatic rings. The Balaban J connectivity index is 1.59. The maximum absolute atomic E-state index is 12.6. The third kappa shape index (κ3) is 6.29. The van der Waals surface area contributed by atoms with E-state index in [9.17, 15) is 13.2 Å². The summed E-state index contributed by atoms with van der Waals surface area (Å²) in [7, 11) is -3.58. The summed E-state index contributed by atoms with van der Waals surface area (Å²) >= 11 is 5.95. The number of sulfonamides is 1. The first-order valence-corrected chi connectivity index (χ1v) is 11.8. The van der Waals surface area contributed by atoms with E-state index >= 15 is 0 Å². The molecule has 2 aliphatic carbocycles. The molecule has 1 aromatic carbocycles. The van der Waals surface area contributed by atoms with Crippen LogP contribution in [0.15, 0.2) is 54.0 Å². The molecule has 2 N–H and O–H groups in total. The van der Waals surface area contributed by atoms with Crippen molar-refractivity contribution in [3.63, 3.8) is 0 Å². The van der Waals surface area contributed by atoms with Gasteiger partial charge < -0.3 is 5.11 Å². The fourth-order valence-corrected chi connectivity index (χ4v) is 5.51. The van der Waals surface area contributed by atoms with Gasteiger partial charge in [-0.15, -0.1) is 0 Å². The van der Waals surface area contributed by atoms with E-state index in [1.807, 2.05) is 6.08 Å². The van der Waals surface area contributed by atoms with Crippen molar-refractivity contribution in [1.29, 1.82) is 0 Å². The number of unbranched alkanes of at least 4 members (excludes halogenated alkanes) is 1. The summed E-state index contributed by atoms with van der Waals surface area (Å²) in [5, 5.41) is 10.4. The number of allylic oxidation sites excluding steroid dienone is 3. The topological polar surface area (TPSA) is 83.5 Å². The van der Waals surface area contributed by atoms with Crippen LogP contribution in [0.2, 0.25) is 5.02 Å². The van der Waals surface area contributed by atoms with Gasteiger partial charge in [0.2, 0.25) is 10.0 Å². The molecule has 1 fully saturated rings. The highest BCUT2D eigenvalue weighted by molar-refractivity contribution is 7.92. The molecular weight excluding hydrogens is 410 g/mol. The van der Waals surface area contributed by atoms with E-state index in [-0.39, 0.29) is 24.3 Å². The molecular formula is C22H26ClNO4S. The van der Waals surface area contributed by atoms with Crippen LogP contribution in [-0.4, -0.2) is 25.5 Å². The van der Waals surface area contributed by atoms with Crippen LogP contribution in [0, 0.1) is 17.8 Å². The summed E-state index contributed by atoms with van der Waals surface area (Å²) in [5.41, 5.74) is 0.733. The van der Waals surface area contributed by atoms with Gasteiger partial charge >= 0.3 is 5.97 Å². The summed E-state index contributed by atoms with van der Waals surface area (Å²) < 4.78 is 28.1. The van der Waals surface area contributed by atoms with Gasteiger partial charge in [-0.25, -0.2) is 13.1 Å². The van der Waals surface area contributed by atoms with Gasteiger partial charge in [0.25, 0.3) is 0 Å². The number of halogens is 1. The first-order chi connectivity index (χ1) is 13.8. The molecule has 1 saturated carbocycles. The lowest BCUT2D eigenvalue weighted by atomic mass is 9.86. The molecule has 156 valence electrons. The number of benzene rings is 1. The second-order valence-electron chi connectivity index (χ2n) is 7.65. The summed E-state index contributed by atoms with van der Waals surface area (Å²) in [6.45, 7) is 0. The average molecular weight is 436 g/mol. The Kier molecular flexibility index (Phi) is 7.33. The zero-order valence-electron chi connectivity index (χ0n) is 16.1. The third-order valence-corrected chi connectivity index (χ3v) is 6.88. The van der Waals surface area contributed by atoms with Gasteiger partial charge in [0.1, 0.15) is 0 Å². The van der Waals surface area contributed by atoms with Crippen molar-refractivity contribution in [2.45, 2.75) is 38.1 Å². The molecule has 0 amide bonds. The van der Waals surface area contributed by atoms with E-state index in [0.717, 1.165) is 24.8 Å². The number of carboxylic acid groups (broad SMARTS) is 1. The minimum atomic E-state index is -3.58. The minimum Gasteiger partial charge on any atom is -0.481 e. The summed E-state index contributed by atoms with van der Waals surface area (Å²) in [4.78, 5) is 10.6. The van der Waals surface area contributed by atoms with E-state index in [0.29, 0.717) is 17.4 Å². The molecule has 4 atom stereocenters. The number of hydrogen-bond acceptors (Lipinski definition) is 3. The van der Waals surface area contributed by atoms with Crippen molar-refractivity contribution in [2.75, 3.05) is 0 Å². The number of carbonyl (C=O) groups is 1. The van der Waals surface area contributed by atoms with Crippen LogP contribution in [0.1, 0.15) is 37.7 Å². The van der Waals surface area contributed by atoms with E-state index in [1.54, 1.807) is 30.3 Å². The van der Waals surface area contributed by atoms with Crippen LogP contribution >= 0.6 is 11.6 Å². The second-order valence-corrected chi connectivity index (χ2v) is 9.69. The Morgan fingerprint density at radius 1 is 1.24 bits per heavy atom. The van der Waals surface area contributed by atoms with E-state index in [1.165, 1.54) is 5.41 Å². The van der Waals surface area contributed by atoms with Crippen molar-refractivity contribution in [3.05, 3.63) is 64.6 Å². The Bertz CT molecular complexity index is 922. The monoisotopic (exact) mass is 435 g/mol. The number of aliphatic carboxylic acids is 1. The first kappa shape index (κ1) is 21.8. The fourth-order valence-electron chi connectivity index (χ4n) is 4.17. The lowest BCUT2D eigenvalue weighted by Crippen LogP contribution is -2.41. The Morgan fingerprint density at radius 3 is 2.79 bits per heavy atom. The van der Waals surface area contributed by atoms with Gasteiger partial charge in [-0.2, -0.15) is 0 Å². The smallest absolute Gasteiger partial charge is 0.303 e. The van der Waals surface area contributed by atoms with Crippen LogP contribution in [0.5, 0.6) is 0 Å². The van der Waals surface area contributed by atoms with Gasteiger partial charge in [0.15, 0.2) is 0 Å². The van der Waals surface area contributed by atoms with Crippen molar-refractivity contribution in [2.24, 2.45) is 17.8 Å². The molecule has 0 radical (unpaired) electrons. The molecule has 3 rings (SSSR count). The highest BCUT2D eigenvalue weighted by Gasteiger charge is 2.44. The number of rotatable bonds is 10. The van der Waals surface area contributed by atoms with E-state index in [4.69, 9.17) is 16.7 Å². The van der Waals surface area contributed by atoms with Crippen molar-refractivity contribution < 1.29 is 18.3 Å². The average Bonchev–Trinajstić information content (AvgIpc) is 3.25. The standard InChI is InChI=1S/C22H26ClNO4S/c23-19-7-5-6-16(14-19)12-13-29(27,28)24-22-18-11-10-17(15-18)20(22)8-3-1-2-4-9-21(25)26/h1,3,5-7,10-14,17-18,20,22,24H,2,4,8-9,15H2,(H,25,26). The third-order valence-electron chi connectivity index (χ3n) is 5.55. The van der Waals surface area contributed by atoms with Crippen LogP contribution in [-0.2, 0) is 14.8 Å². The quantitative estimate of drug-likeness (QED) is 0.415. The van der Waals surface area contributed by atoms with Gasteiger partial charge in [-0.1, -0.05) is 48.0 Å². The molecule has 0 saturated heterocycles. The maximum Gasteiger partial charge on any atom is 0.303 e. The summed E-state index contributed by atoms with van der Waals surface area (Å²) in [6, 6.07) is 6.92. The van der Waals surface area contributed by atoms with Gasteiger partial charge in [0.05, 0.1) is 0 Å². The molecule has 0 heterocycles. The van der Waals surface area contributed by atoms with Crippen LogP contribution < -0.4 is 4.72 Å². The zero-order valence-corrected chi connectivity index (χ0v) is 17.6. The normalized spacial score (nSPS) is 26.1. The molecule has 4 unspecified atom stereocenters. The zero-order chi connectivity index (χ0) is 20.9. The molecule has 7 heteroatoms. The predicted octanol–water partition coefficient (Wildman–Crippen LogP) is 4.62. The molecule has 5 nitrogen and oxygen atoms in total. The van der Waals surface area contributed by atoms with Crippen molar-refractivity contribution >= 4 is 33.7 Å². The van der Waals surface area contributed by atoms with E-state index < -0.39 is 16.0 Å². The minimum absolute atomic E-state index is 0.123. The van der Waals surface area contributed by atoms with E-state index in [2.05, 4.69) is 23.0 Å². The van der Waals surface area contributed by atoms with Crippen LogP contribution in [0.4, 0.5) is 0 Å². The van der Waals surface area contributed by atoms with Crippen LogP contribution in [0.25, 0.3) is 6.08 Å². The molecule has 0 spiro atoms. The summed E-state index contributed by atoms with van der Waals surface area (Å²) in [6.07, 6.45) is 13.2. The van der Waals surface area contributed by atoms with Gasteiger partial charge in [-0.3, -0.25) is 4.79 Å².